The molecule has 0 fully saturated rings. The average molecular weight is 250 g/mol. The highest BCUT2D eigenvalue weighted by Gasteiger charge is 2.15. The first-order chi connectivity index (χ1) is 8.08. The molecular weight excluding hydrogens is 236 g/mol. The molecule has 0 bridgehead atoms. The molecule has 0 saturated carbocycles. The summed E-state index contributed by atoms with van der Waals surface area (Å²) in [6.45, 7) is 1.91. The molecular formula is C11H14N4OS. The van der Waals surface area contributed by atoms with Crippen LogP contribution < -0.4 is 11.1 Å². The Morgan fingerprint density at radius 2 is 2.41 bits per heavy atom. The number of rotatable bonds is 3. The molecule has 0 aliphatic heterocycles. The number of aromatic nitrogens is 2. The van der Waals surface area contributed by atoms with Crippen LogP contribution in [0, 0.1) is 0 Å². The third-order valence-electron chi connectivity index (χ3n) is 2.43. The van der Waals surface area contributed by atoms with Gasteiger partial charge in [0.05, 0.1) is 11.7 Å². The number of nitrogens with zero attached hydrogens (tertiary/aromatic N) is 2. The van der Waals surface area contributed by atoms with Crippen molar-refractivity contribution in [2.24, 2.45) is 7.05 Å². The molecule has 1 amide bonds. The minimum Gasteiger partial charge on any atom is -0.397 e. The van der Waals surface area contributed by atoms with Gasteiger partial charge in [-0.1, -0.05) is 0 Å². The van der Waals surface area contributed by atoms with Crippen LogP contribution in [-0.4, -0.2) is 15.5 Å². The molecule has 3 N–H and O–H groups in total. The summed E-state index contributed by atoms with van der Waals surface area (Å²) in [5.74, 6) is -0.146. The van der Waals surface area contributed by atoms with Gasteiger partial charge in [-0.25, -0.2) is 4.98 Å². The van der Waals surface area contributed by atoms with E-state index in [4.69, 9.17) is 5.73 Å². The number of amides is 1. The molecule has 0 aromatic carbocycles. The molecule has 1 unspecified atom stereocenters. The van der Waals surface area contributed by atoms with Gasteiger partial charge in [0.2, 0.25) is 0 Å². The number of hydrogen-bond acceptors (Lipinski definition) is 4. The lowest BCUT2D eigenvalue weighted by atomic mass is 10.3. The summed E-state index contributed by atoms with van der Waals surface area (Å²) in [5.41, 5.74) is 6.76. The monoisotopic (exact) mass is 250 g/mol. The van der Waals surface area contributed by atoms with Gasteiger partial charge in [0.1, 0.15) is 10.7 Å². The highest BCUT2D eigenvalue weighted by Crippen LogP contribution is 2.16. The number of nitrogens with two attached hydrogens (primary N) is 1. The van der Waals surface area contributed by atoms with Gasteiger partial charge in [0, 0.05) is 24.8 Å². The van der Waals surface area contributed by atoms with Crippen LogP contribution in [0.25, 0.3) is 0 Å². The van der Waals surface area contributed by atoms with E-state index in [1.807, 2.05) is 12.3 Å². The van der Waals surface area contributed by atoms with E-state index in [9.17, 15) is 4.79 Å². The predicted molar refractivity (Wildman–Crippen MR) is 67.8 cm³/mol. The molecule has 90 valence electrons. The van der Waals surface area contributed by atoms with Gasteiger partial charge >= 0.3 is 0 Å². The van der Waals surface area contributed by atoms with E-state index in [-0.39, 0.29) is 11.9 Å². The Morgan fingerprint density at radius 1 is 1.65 bits per heavy atom. The topological polar surface area (TPSA) is 72.9 Å². The summed E-state index contributed by atoms with van der Waals surface area (Å²) >= 11 is 1.52. The first kappa shape index (κ1) is 11.7. The third kappa shape index (κ3) is 2.47. The molecule has 2 heterocycles. The maximum absolute atomic E-state index is 12.0. The molecule has 2 aromatic rings. The van der Waals surface area contributed by atoms with Crippen LogP contribution in [0.1, 0.15) is 28.5 Å². The van der Waals surface area contributed by atoms with Crippen LogP contribution >= 0.6 is 11.3 Å². The van der Waals surface area contributed by atoms with E-state index < -0.39 is 0 Å². The van der Waals surface area contributed by atoms with Crippen LogP contribution in [0.4, 0.5) is 5.69 Å². The van der Waals surface area contributed by atoms with Crippen molar-refractivity contribution >= 4 is 22.9 Å². The highest BCUT2D eigenvalue weighted by molar-refractivity contribution is 7.09. The maximum Gasteiger partial charge on any atom is 0.268 e. The SMILES string of the molecule is CC(NC(=O)c1cc(N)cn1C)c1nccs1. The lowest BCUT2D eigenvalue weighted by Crippen LogP contribution is -2.28. The van der Waals surface area contributed by atoms with E-state index in [2.05, 4.69) is 10.3 Å². The summed E-state index contributed by atoms with van der Waals surface area (Å²) in [5, 5.41) is 5.66. The molecule has 0 radical (unpaired) electrons. The molecule has 6 heteroatoms. The quantitative estimate of drug-likeness (QED) is 0.868. The van der Waals surface area contributed by atoms with E-state index >= 15 is 0 Å². The first-order valence-corrected chi connectivity index (χ1v) is 6.08. The minimum absolute atomic E-state index is 0.0985. The lowest BCUT2D eigenvalue weighted by Gasteiger charge is -2.11. The molecule has 5 nitrogen and oxygen atoms in total. The van der Waals surface area contributed by atoms with Crippen molar-refractivity contribution in [3.05, 3.63) is 34.5 Å². The van der Waals surface area contributed by atoms with Crippen LogP contribution in [0.5, 0.6) is 0 Å². The van der Waals surface area contributed by atoms with Crippen molar-refractivity contribution in [3.8, 4) is 0 Å². The summed E-state index contributed by atoms with van der Waals surface area (Å²) < 4.78 is 1.71. The van der Waals surface area contributed by atoms with E-state index in [0.717, 1.165) is 5.01 Å². The molecule has 2 aromatic heterocycles. The largest absolute Gasteiger partial charge is 0.397 e. The van der Waals surface area contributed by atoms with Crippen molar-refractivity contribution in [1.82, 2.24) is 14.9 Å². The summed E-state index contributed by atoms with van der Waals surface area (Å²) in [6, 6.07) is 1.56. The summed E-state index contributed by atoms with van der Waals surface area (Å²) in [7, 11) is 1.79. The van der Waals surface area contributed by atoms with E-state index in [0.29, 0.717) is 11.4 Å². The molecule has 17 heavy (non-hydrogen) atoms. The fourth-order valence-electron chi connectivity index (χ4n) is 1.60. The first-order valence-electron chi connectivity index (χ1n) is 5.20. The fraction of sp³-hybridized carbons (Fsp3) is 0.273. The van der Waals surface area contributed by atoms with Gasteiger partial charge in [-0.05, 0) is 13.0 Å². The van der Waals surface area contributed by atoms with Gasteiger partial charge in [-0.15, -0.1) is 11.3 Å². The number of thiazole rings is 1. The Labute approximate surface area is 103 Å². The van der Waals surface area contributed by atoms with Gasteiger partial charge in [-0.3, -0.25) is 4.79 Å². The second kappa shape index (κ2) is 4.58. The molecule has 0 saturated heterocycles. The predicted octanol–water partition coefficient (Wildman–Crippen LogP) is 1.55. The second-order valence-electron chi connectivity index (χ2n) is 3.84. The number of carbonyl (C=O) groups is 1. The zero-order valence-corrected chi connectivity index (χ0v) is 10.5. The van der Waals surface area contributed by atoms with E-state index in [1.54, 1.807) is 30.1 Å². The zero-order chi connectivity index (χ0) is 12.4. The molecule has 0 spiro atoms. The van der Waals surface area contributed by atoms with Crippen LogP contribution in [0.15, 0.2) is 23.8 Å². The maximum atomic E-state index is 12.0. The zero-order valence-electron chi connectivity index (χ0n) is 9.68. The third-order valence-corrected chi connectivity index (χ3v) is 3.39. The van der Waals surface area contributed by atoms with Crippen molar-refractivity contribution in [2.45, 2.75) is 13.0 Å². The summed E-state index contributed by atoms with van der Waals surface area (Å²) in [4.78, 5) is 16.1. The van der Waals surface area contributed by atoms with Crippen LogP contribution in [0.3, 0.4) is 0 Å². The second-order valence-corrected chi connectivity index (χ2v) is 4.76. The van der Waals surface area contributed by atoms with Crippen molar-refractivity contribution in [3.63, 3.8) is 0 Å². The van der Waals surface area contributed by atoms with Crippen molar-refractivity contribution < 1.29 is 4.79 Å². The standard InChI is InChI=1S/C11H14N4OS/c1-7(11-13-3-4-17-11)14-10(16)9-5-8(12)6-15(9)2/h3-7H,12H2,1-2H3,(H,14,16). The fourth-order valence-corrected chi connectivity index (χ4v) is 2.24. The summed E-state index contributed by atoms with van der Waals surface area (Å²) in [6.07, 6.45) is 3.44. The van der Waals surface area contributed by atoms with Crippen LogP contribution in [-0.2, 0) is 7.05 Å². The smallest absolute Gasteiger partial charge is 0.268 e. The Bertz CT molecular complexity index is 518. The molecule has 0 aliphatic carbocycles. The van der Waals surface area contributed by atoms with Gasteiger partial charge in [0.15, 0.2) is 0 Å². The van der Waals surface area contributed by atoms with Crippen molar-refractivity contribution in [1.29, 1.82) is 0 Å². The number of aryl methyl sites for hydroxylation is 1. The minimum atomic E-state index is -0.146. The van der Waals surface area contributed by atoms with Crippen LogP contribution in [0.2, 0.25) is 0 Å². The normalized spacial score (nSPS) is 12.4. The average Bonchev–Trinajstić information content (AvgIpc) is 2.87. The van der Waals surface area contributed by atoms with E-state index in [1.165, 1.54) is 11.3 Å². The lowest BCUT2D eigenvalue weighted by molar-refractivity contribution is 0.0931. The number of nitrogen functional groups attached to an aromatic ring is 1. The highest BCUT2D eigenvalue weighted by atomic mass is 32.1. The van der Waals surface area contributed by atoms with Gasteiger partial charge in [-0.2, -0.15) is 0 Å². The number of anilines is 1. The van der Waals surface area contributed by atoms with Gasteiger partial charge < -0.3 is 15.6 Å². The molecule has 0 aliphatic rings. The number of carbonyl (C=O) groups excluding carboxylic acids is 1. The Morgan fingerprint density at radius 3 is 2.94 bits per heavy atom. The molecule has 2 rings (SSSR count). The Hall–Kier alpha value is -1.82. The Kier molecular flexibility index (Phi) is 3.14. The number of nitrogens with one attached hydrogen (secondary N) is 1. The van der Waals surface area contributed by atoms with Crippen molar-refractivity contribution in [2.75, 3.05) is 5.73 Å². The van der Waals surface area contributed by atoms with Gasteiger partial charge in [0.25, 0.3) is 5.91 Å². The molecule has 1 atom stereocenters. The number of hydrogen-bond donors (Lipinski definition) is 2. The Balaban J connectivity index is 2.09.